The molecule has 5 nitrogen and oxygen atoms in total. The van der Waals surface area contributed by atoms with E-state index in [1.165, 1.54) is 5.56 Å². The van der Waals surface area contributed by atoms with Crippen LogP contribution in [-0.4, -0.2) is 42.8 Å². The first-order valence-electron chi connectivity index (χ1n) is 9.64. The number of carbonyl (C=O) groups excluding carboxylic acids is 1. The Kier molecular flexibility index (Phi) is 6.85. The molecule has 2 N–H and O–H groups in total. The zero-order valence-electron chi connectivity index (χ0n) is 16.2. The molecule has 0 aliphatic carbocycles. The lowest BCUT2D eigenvalue weighted by Crippen LogP contribution is -2.45. The van der Waals surface area contributed by atoms with E-state index in [0.29, 0.717) is 6.54 Å². The van der Waals surface area contributed by atoms with Crippen molar-refractivity contribution in [1.29, 1.82) is 0 Å². The van der Waals surface area contributed by atoms with Crippen LogP contribution >= 0.6 is 0 Å². The van der Waals surface area contributed by atoms with E-state index < -0.39 is 0 Å². The molecule has 1 aliphatic rings. The lowest BCUT2D eigenvalue weighted by molar-refractivity contribution is -0.0704. The van der Waals surface area contributed by atoms with E-state index in [4.69, 9.17) is 4.74 Å². The summed E-state index contributed by atoms with van der Waals surface area (Å²) in [6.45, 7) is 7.43. The van der Waals surface area contributed by atoms with E-state index >= 15 is 0 Å². The highest BCUT2D eigenvalue weighted by atomic mass is 16.5. The summed E-state index contributed by atoms with van der Waals surface area (Å²) in [5.74, 6) is 0. The summed E-state index contributed by atoms with van der Waals surface area (Å²) in [5, 5.41) is 5.94. The summed E-state index contributed by atoms with van der Waals surface area (Å²) in [7, 11) is 0. The molecule has 2 atom stereocenters. The molecule has 2 aromatic rings. The predicted octanol–water partition coefficient (Wildman–Crippen LogP) is 3.66. The van der Waals surface area contributed by atoms with E-state index in [0.717, 1.165) is 37.3 Å². The molecule has 2 aromatic carbocycles. The first kappa shape index (κ1) is 19.4. The molecule has 0 aromatic heterocycles. The fourth-order valence-corrected chi connectivity index (χ4v) is 3.57. The Balaban J connectivity index is 1.53. The summed E-state index contributed by atoms with van der Waals surface area (Å²) in [6.07, 6.45) is 1.28. The summed E-state index contributed by atoms with van der Waals surface area (Å²) < 4.78 is 5.81. The highest BCUT2D eigenvalue weighted by molar-refractivity contribution is 5.90. The third-order valence-corrected chi connectivity index (χ3v) is 4.70. The molecule has 1 fully saturated rings. The third kappa shape index (κ3) is 6.08. The van der Waals surface area contributed by atoms with Crippen LogP contribution in [0.1, 0.15) is 25.0 Å². The van der Waals surface area contributed by atoms with E-state index in [2.05, 4.69) is 47.6 Å². The van der Waals surface area contributed by atoms with Crippen LogP contribution < -0.4 is 10.6 Å². The number of para-hydroxylation sites is 1. The number of hydrogen-bond acceptors (Lipinski definition) is 3. The lowest BCUT2D eigenvalue weighted by atomic mass is 10.1. The SMILES string of the molecule is CC1CN(Cc2ccccc2NC(=O)NCCc2ccccc2)CC(C)O1. The number of anilines is 1. The van der Waals surface area contributed by atoms with Gasteiger partial charge in [-0.15, -0.1) is 0 Å². The van der Waals surface area contributed by atoms with Crippen molar-refractivity contribution in [3.05, 3.63) is 65.7 Å². The molecule has 3 rings (SSSR count). The topological polar surface area (TPSA) is 53.6 Å². The van der Waals surface area contributed by atoms with Crippen LogP contribution in [0, 0.1) is 0 Å². The van der Waals surface area contributed by atoms with E-state index in [9.17, 15) is 4.79 Å². The number of ether oxygens (including phenoxy) is 1. The maximum atomic E-state index is 12.3. The van der Waals surface area contributed by atoms with Gasteiger partial charge in [0, 0.05) is 31.9 Å². The standard InChI is InChI=1S/C22H29N3O2/c1-17-14-25(15-18(2)27-17)16-20-10-6-7-11-21(20)24-22(26)23-13-12-19-8-4-3-5-9-19/h3-11,17-18H,12-16H2,1-2H3,(H2,23,24,26). The summed E-state index contributed by atoms with van der Waals surface area (Å²) in [4.78, 5) is 14.7. The van der Waals surface area contributed by atoms with Crippen molar-refractivity contribution in [2.75, 3.05) is 25.0 Å². The molecular formula is C22H29N3O2. The molecule has 5 heteroatoms. The average molecular weight is 367 g/mol. The van der Waals surface area contributed by atoms with Gasteiger partial charge in [-0.3, -0.25) is 4.90 Å². The zero-order chi connectivity index (χ0) is 19.1. The second kappa shape index (κ2) is 9.53. The van der Waals surface area contributed by atoms with E-state index in [1.807, 2.05) is 36.4 Å². The van der Waals surface area contributed by atoms with Gasteiger partial charge in [-0.05, 0) is 37.5 Å². The van der Waals surface area contributed by atoms with Crippen molar-refractivity contribution in [1.82, 2.24) is 10.2 Å². The van der Waals surface area contributed by atoms with Crippen molar-refractivity contribution < 1.29 is 9.53 Å². The smallest absolute Gasteiger partial charge is 0.319 e. The second-order valence-corrected chi connectivity index (χ2v) is 7.23. The highest BCUT2D eigenvalue weighted by Gasteiger charge is 2.22. The number of rotatable bonds is 6. The Morgan fingerprint density at radius 1 is 1.04 bits per heavy atom. The van der Waals surface area contributed by atoms with Crippen molar-refractivity contribution in [3.8, 4) is 0 Å². The van der Waals surface area contributed by atoms with Crippen LogP contribution in [0.15, 0.2) is 54.6 Å². The summed E-state index contributed by atoms with van der Waals surface area (Å²) in [6, 6.07) is 18.0. The van der Waals surface area contributed by atoms with Crippen LogP contribution in [0.25, 0.3) is 0 Å². The number of urea groups is 1. The molecule has 1 saturated heterocycles. The van der Waals surface area contributed by atoms with Crippen molar-refractivity contribution >= 4 is 11.7 Å². The first-order valence-corrected chi connectivity index (χ1v) is 9.64. The fourth-order valence-electron chi connectivity index (χ4n) is 3.57. The molecule has 1 aliphatic heterocycles. The molecule has 0 bridgehead atoms. The molecule has 1 heterocycles. The highest BCUT2D eigenvalue weighted by Crippen LogP contribution is 2.20. The molecule has 27 heavy (non-hydrogen) atoms. The molecule has 2 amide bonds. The molecule has 144 valence electrons. The van der Waals surface area contributed by atoms with E-state index in [-0.39, 0.29) is 18.2 Å². The Morgan fingerprint density at radius 2 is 1.70 bits per heavy atom. The predicted molar refractivity (Wildman–Crippen MR) is 109 cm³/mol. The molecule has 2 unspecified atom stereocenters. The average Bonchev–Trinajstić information content (AvgIpc) is 2.63. The van der Waals surface area contributed by atoms with Gasteiger partial charge in [-0.1, -0.05) is 48.5 Å². The number of amides is 2. The summed E-state index contributed by atoms with van der Waals surface area (Å²) in [5.41, 5.74) is 3.20. The quantitative estimate of drug-likeness (QED) is 0.819. The molecule has 0 radical (unpaired) electrons. The summed E-state index contributed by atoms with van der Waals surface area (Å²) >= 11 is 0. The van der Waals surface area contributed by atoms with Gasteiger partial charge in [0.15, 0.2) is 0 Å². The van der Waals surface area contributed by atoms with Crippen molar-refractivity contribution in [3.63, 3.8) is 0 Å². The minimum absolute atomic E-state index is 0.165. The van der Waals surface area contributed by atoms with Gasteiger partial charge in [0.25, 0.3) is 0 Å². The molecular weight excluding hydrogens is 338 g/mol. The van der Waals surface area contributed by atoms with Crippen LogP contribution in [-0.2, 0) is 17.7 Å². The normalized spacial score (nSPS) is 20.2. The maximum Gasteiger partial charge on any atom is 0.319 e. The maximum absolute atomic E-state index is 12.3. The minimum Gasteiger partial charge on any atom is -0.373 e. The van der Waals surface area contributed by atoms with Crippen LogP contribution in [0.2, 0.25) is 0 Å². The number of benzene rings is 2. The van der Waals surface area contributed by atoms with Gasteiger partial charge in [-0.2, -0.15) is 0 Å². The van der Waals surface area contributed by atoms with Gasteiger partial charge >= 0.3 is 6.03 Å². The van der Waals surface area contributed by atoms with Crippen molar-refractivity contribution in [2.24, 2.45) is 0 Å². The van der Waals surface area contributed by atoms with Gasteiger partial charge in [0.2, 0.25) is 0 Å². The largest absolute Gasteiger partial charge is 0.373 e. The second-order valence-electron chi connectivity index (χ2n) is 7.23. The van der Waals surface area contributed by atoms with Gasteiger partial charge in [-0.25, -0.2) is 4.79 Å². The van der Waals surface area contributed by atoms with Crippen LogP contribution in [0.5, 0.6) is 0 Å². The van der Waals surface area contributed by atoms with Crippen LogP contribution in [0.3, 0.4) is 0 Å². The van der Waals surface area contributed by atoms with Crippen molar-refractivity contribution in [2.45, 2.75) is 39.0 Å². The molecule has 0 spiro atoms. The fraction of sp³-hybridized carbons (Fsp3) is 0.409. The lowest BCUT2D eigenvalue weighted by Gasteiger charge is -2.35. The number of carbonyl (C=O) groups is 1. The Morgan fingerprint density at radius 3 is 2.44 bits per heavy atom. The van der Waals surface area contributed by atoms with Crippen LogP contribution in [0.4, 0.5) is 10.5 Å². The first-order chi connectivity index (χ1) is 13.1. The Bertz CT molecular complexity index is 725. The van der Waals surface area contributed by atoms with Gasteiger partial charge in [0.05, 0.1) is 12.2 Å². The minimum atomic E-state index is -0.165. The Hall–Kier alpha value is -2.37. The monoisotopic (exact) mass is 367 g/mol. The van der Waals surface area contributed by atoms with Gasteiger partial charge < -0.3 is 15.4 Å². The number of nitrogens with zero attached hydrogens (tertiary/aromatic N) is 1. The Labute approximate surface area is 161 Å². The van der Waals surface area contributed by atoms with Gasteiger partial charge in [0.1, 0.15) is 0 Å². The molecule has 0 saturated carbocycles. The van der Waals surface area contributed by atoms with E-state index in [1.54, 1.807) is 0 Å². The number of morpholine rings is 1. The third-order valence-electron chi connectivity index (χ3n) is 4.70. The zero-order valence-corrected chi connectivity index (χ0v) is 16.2. The number of hydrogen-bond donors (Lipinski definition) is 2. The number of nitrogens with one attached hydrogen (secondary N) is 2.